The first-order valence-corrected chi connectivity index (χ1v) is 9.54. The third kappa shape index (κ3) is 4.13. The highest BCUT2D eigenvalue weighted by molar-refractivity contribution is 6.39. The smallest absolute Gasteiger partial charge is 0.284 e. The Balaban J connectivity index is 1.74. The van der Waals surface area contributed by atoms with Crippen LogP contribution in [0.25, 0.3) is 11.5 Å². The molecule has 0 spiro atoms. The maximum atomic E-state index is 13.2. The molecule has 29 heavy (non-hydrogen) atoms. The fourth-order valence-corrected chi connectivity index (χ4v) is 3.32. The van der Waals surface area contributed by atoms with Crippen LogP contribution in [-0.4, -0.2) is 25.7 Å². The molecule has 0 saturated carbocycles. The third-order valence-corrected chi connectivity index (χ3v) is 4.79. The molecule has 0 aliphatic rings. The zero-order valence-corrected chi connectivity index (χ0v) is 16.6. The van der Waals surface area contributed by atoms with E-state index in [1.54, 1.807) is 36.5 Å². The van der Waals surface area contributed by atoms with Gasteiger partial charge in [-0.3, -0.25) is 9.78 Å². The molecule has 2 aromatic heterocycles. The van der Waals surface area contributed by atoms with Gasteiger partial charge in [-0.2, -0.15) is 9.67 Å². The molecule has 0 radical (unpaired) electrons. The lowest BCUT2D eigenvalue weighted by atomic mass is 10.2. The van der Waals surface area contributed by atoms with Gasteiger partial charge in [-0.1, -0.05) is 65.7 Å². The monoisotopic (exact) mass is 423 g/mol. The summed E-state index contributed by atoms with van der Waals surface area (Å²) in [5.41, 5.74) is 1.74. The van der Waals surface area contributed by atoms with Crippen LogP contribution in [0.5, 0.6) is 0 Å². The SMILES string of the molecule is O=C(c1c(Cl)cccc1Cl)n1nc(-c2ccccn2)nc1NCc1ccccc1. The Morgan fingerprint density at radius 3 is 2.34 bits per heavy atom. The van der Waals surface area contributed by atoms with Crippen molar-refractivity contribution in [3.63, 3.8) is 0 Å². The van der Waals surface area contributed by atoms with E-state index in [1.807, 2.05) is 36.4 Å². The summed E-state index contributed by atoms with van der Waals surface area (Å²) in [4.78, 5) is 21.9. The number of carbonyl (C=O) groups is 1. The van der Waals surface area contributed by atoms with E-state index in [2.05, 4.69) is 20.4 Å². The van der Waals surface area contributed by atoms with Gasteiger partial charge >= 0.3 is 0 Å². The van der Waals surface area contributed by atoms with Gasteiger partial charge in [-0.05, 0) is 29.8 Å². The molecule has 0 atom stereocenters. The number of aromatic nitrogens is 4. The number of pyridine rings is 1. The summed E-state index contributed by atoms with van der Waals surface area (Å²) in [5, 5.41) is 8.01. The van der Waals surface area contributed by atoms with Crippen LogP contribution in [0.2, 0.25) is 10.0 Å². The van der Waals surface area contributed by atoms with Gasteiger partial charge in [-0.15, -0.1) is 5.10 Å². The van der Waals surface area contributed by atoms with Crippen molar-refractivity contribution in [1.82, 2.24) is 19.7 Å². The highest BCUT2D eigenvalue weighted by Crippen LogP contribution is 2.27. The van der Waals surface area contributed by atoms with E-state index >= 15 is 0 Å². The zero-order valence-electron chi connectivity index (χ0n) is 15.1. The summed E-state index contributed by atoms with van der Waals surface area (Å²) in [5.74, 6) is 0.110. The molecule has 0 fully saturated rings. The van der Waals surface area contributed by atoms with Crippen LogP contribution in [0.3, 0.4) is 0 Å². The van der Waals surface area contributed by atoms with Gasteiger partial charge < -0.3 is 5.32 Å². The van der Waals surface area contributed by atoms with Gasteiger partial charge in [0.25, 0.3) is 5.91 Å². The van der Waals surface area contributed by atoms with Crippen molar-refractivity contribution >= 4 is 35.1 Å². The van der Waals surface area contributed by atoms with E-state index in [0.29, 0.717) is 18.1 Å². The predicted octanol–water partition coefficient (Wildman–Crippen LogP) is 4.95. The number of rotatable bonds is 5. The van der Waals surface area contributed by atoms with Crippen molar-refractivity contribution in [3.8, 4) is 11.5 Å². The van der Waals surface area contributed by atoms with E-state index in [4.69, 9.17) is 23.2 Å². The number of nitrogens with one attached hydrogen (secondary N) is 1. The summed E-state index contributed by atoms with van der Waals surface area (Å²) in [7, 11) is 0. The summed E-state index contributed by atoms with van der Waals surface area (Å²) in [6.07, 6.45) is 1.64. The summed E-state index contributed by atoms with van der Waals surface area (Å²) < 4.78 is 1.17. The van der Waals surface area contributed by atoms with E-state index < -0.39 is 5.91 Å². The standard InChI is InChI=1S/C21H15Cl2N5O/c22-15-9-6-10-16(23)18(15)20(29)28-21(25-13-14-7-2-1-3-8-14)26-19(27-28)17-11-4-5-12-24-17/h1-12H,13H2,(H,25,26,27). The first kappa shape index (κ1) is 19.1. The number of hydrogen-bond acceptors (Lipinski definition) is 5. The van der Waals surface area contributed by atoms with Gasteiger partial charge in [0.05, 0.1) is 15.6 Å². The lowest BCUT2D eigenvalue weighted by Gasteiger charge is -2.09. The molecule has 0 saturated heterocycles. The molecular weight excluding hydrogens is 409 g/mol. The van der Waals surface area contributed by atoms with Crippen LogP contribution >= 0.6 is 23.2 Å². The highest BCUT2D eigenvalue weighted by atomic mass is 35.5. The van der Waals surface area contributed by atoms with Crippen LogP contribution in [0, 0.1) is 0 Å². The van der Waals surface area contributed by atoms with Crippen molar-refractivity contribution in [1.29, 1.82) is 0 Å². The topological polar surface area (TPSA) is 72.7 Å². The van der Waals surface area contributed by atoms with Crippen molar-refractivity contribution in [3.05, 3.63) is 94.1 Å². The Kier molecular flexibility index (Phi) is 5.55. The molecule has 2 heterocycles. The van der Waals surface area contributed by atoms with Crippen molar-refractivity contribution in [2.75, 3.05) is 5.32 Å². The van der Waals surface area contributed by atoms with E-state index in [0.717, 1.165) is 5.56 Å². The molecule has 0 unspecified atom stereocenters. The molecule has 0 bridgehead atoms. The molecule has 144 valence electrons. The van der Waals surface area contributed by atoms with E-state index in [9.17, 15) is 4.79 Å². The fourth-order valence-electron chi connectivity index (χ4n) is 2.76. The summed E-state index contributed by atoms with van der Waals surface area (Å²) in [6, 6.07) is 20.0. The number of benzene rings is 2. The number of hydrogen-bond donors (Lipinski definition) is 1. The largest absolute Gasteiger partial charge is 0.350 e. The second-order valence-electron chi connectivity index (χ2n) is 6.13. The molecule has 2 aromatic carbocycles. The Bertz CT molecular complexity index is 1130. The van der Waals surface area contributed by atoms with Crippen molar-refractivity contribution in [2.24, 2.45) is 0 Å². The number of anilines is 1. The number of carbonyl (C=O) groups excluding carboxylic acids is 1. The number of nitrogens with zero attached hydrogens (tertiary/aromatic N) is 4. The molecule has 0 aliphatic carbocycles. The third-order valence-electron chi connectivity index (χ3n) is 4.16. The van der Waals surface area contributed by atoms with Gasteiger partial charge in [-0.25, -0.2) is 0 Å². The quantitative estimate of drug-likeness (QED) is 0.491. The molecule has 1 N–H and O–H groups in total. The Morgan fingerprint density at radius 2 is 1.66 bits per heavy atom. The molecular formula is C21H15Cl2N5O. The highest BCUT2D eigenvalue weighted by Gasteiger charge is 2.23. The zero-order chi connectivity index (χ0) is 20.2. The average Bonchev–Trinajstić information content (AvgIpc) is 3.18. The van der Waals surface area contributed by atoms with Gasteiger partial charge in [0.1, 0.15) is 5.69 Å². The first-order valence-electron chi connectivity index (χ1n) is 8.78. The van der Waals surface area contributed by atoms with Gasteiger partial charge in [0, 0.05) is 12.7 Å². The molecule has 0 amide bonds. The van der Waals surface area contributed by atoms with Crippen LogP contribution in [0.15, 0.2) is 72.9 Å². The normalized spacial score (nSPS) is 10.7. The van der Waals surface area contributed by atoms with Crippen LogP contribution in [-0.2, 0) is 6.54 Å². The average molecular weight is 424 g/mol. The predicted molar refractivity (Wildman–Crippen MR) is 113 cm³/mol. The maximum Gasteiger partial charge on any atom is 0.284 e. The van der Waals surface area contributed by atoms with Gasteiger partial charge in [0.2, 0.25) is 11.8 Å². The fraction of sp³-hybridized carbons (Fsp3) is 0.0476. The van der Waals surface area contributed by atoms with E-state index in [1.165, 1.54) is 4.68 Å². The van der Waals surface area contributed by atoms with Crippen LogP contribution in [0.4, 0.5) is 5.95 Å². The molecule has 4 rings (SSSR count). The molecule has 6 nitrogen and oxygen atoms in total. The van der Waals surface area contributed by atoms with Crippen molar-refractivity contribution in [2.45, 2.75) is 6.54 Å². The maximum absolute atomic E-state index is 13.2. The summed E-state index contributed by atoms with van der Waals surface area (Å²) >= 11 is 12.4. The molecule has 4 aromatic rings. The lowest BCUT2D eigenvalue weighted by molar-refractivity contribution is 0.0948. The second kappa shape index (κ2) is 8.43. The molecule has 0 aliphatic heterocycles. The Morgan fingerprint density at radius 1 is 0.931 bits per heavy atom. The lowest BCUT2D eigenvalue weighted by Crippen LogP contribution is -2.18. The van der Waals surface area contributed by atoms with Crippen LogP contribution in [0.1, 0.15) is 15.9 Å². The van der Waals surface area contributed by atoms with Crippen molar-refractivity contribution < 1.29 is 4.79 Å². The molecule has 8 heteroatoms. The minimum Gasteiger partial charge on any atom is -0.350 e. The van der Waals surface area contributed by atoms with E-state index in [-0.39, 0.29) is 21.6 Å². The number of halogens is 2. The van der Waals surface area contributed by atoms with Gasteiger partial charge in [0.15, 0.2) is 0 Å². The minimum atomic E-state index is -0.481. The minimum absolute atomic E-state index is 0.163. The second-order valence-corrected chi connectivity index (χ2v) is 6.94. The summed E-state index contributed by atoms with van der Waals surface area (Å²) in [6.45, 7) is 0.463. The van der Waals surface area contributed by atoms with Crippen LogP contribution < -0.4 is 5.32 Å². The first-order chi connectivity index (χ1) is 14.1. The Hall–Kier alpha value is -3.22. The Labute approximate surface area is 177 Å².